The van der Waals surface area contributed by atoms with Gasteiger partial charge in [-0.25, -0.2) is 0 Å². The molecule has 4 nitrogen and oxygen atoms in total. The highest BCUT2D eigenvalue weighted by Crippen LogP contribution is 2.22. The molecule has 1 unspecified atom stereocenters. The van der Waals surface area contributed by atoms with Crippen LogP contribution >= 0.6 is 11.8 Å². The van der Waals surface area contributed by atoms with Crippen LogP contribution in [-0.2, 0) is 9.59 Å². The second-order valence-corrected chi connectivity index (χ2v) is 7.10. The predicted molar refractivity (Wildman–Crippen MR) is 89.5 cm³/mol. The van der Waals surface area contributed by atoms with Crippen molar-refractivity contribution in [3.05, 3.63) is 0 Å². The van der Waals surface area contributed by atoms with Crippen LogP contribution in [0, 0.1) is 5.92 Å². The maximum atomic E-state index is 12.0. The van der Waals surface area contributed by atoms with E-state index in [1.54, 1.807) is 6.92 Å². The lowest BCUT2D eigenvalue weighted by Gasteiger charge is -2.23. The Labute approximate surface area is 133 Å². The van der Waals surface area contributed by atoms with Crippen molar-refractivity contribution in [3.8, 4) is 0 Å². The molecule has 0 aromatic rings. The van der Waals surface area contributed by atoms with Crippen LogP contribution in [0.3, 0.4) is 0 Å². The summed E-state index contributed by atoms with van der Waals surface area (Å²) in [5, 5.41) is 0.149. The summed E-state index contributed by atoms with van der Waals surface area (Å²) in [6, 6.07) is 0. The standard InChI is InChI=1S/C16H30N2O2S/c1-4-7-17(8-5-2)9-6-10-18-12-15(11-16(18)20)13-21-14(3)19/h15H,4-13H2,1-3H3. The van der Waals surface area contributed by atoms with Crippen LogP contribution < -0.4 is 0 Å². The zero-order chi connectivity index (χ0) is 15.7. The van der Waals surface area contributed by atoms with E-state index in [4.69, 9.17) is 0 Å². The molecular weight excluding hydrogens is 284 g/mol. The summed E-state index contributed by atoms with van der Waals surface area (Å²) < 4.78 is 0. The van der Waals surface area contributed by atoms with Crippen molar-refractivity contribution < 1.29 is 9.59 Å². The molecule has 21 heavy (non-hydrogen) atoms. The molecule has 0 radical (unpaired) electrons. The average Bonchev–Trinajstić information content (AvgIpc) is 2.78. The van der Waals surface area contributed by atoms with Crippen LogP contribution in [0.15, 0.2) is 0 Å². The molecule has 1 rings (SSSR count). The van der Waals surface area contributed by atoms with Gasteiger partial charge in [0.1, 0.15) is 0 Å². The van der Waals surface area contributed by atoms with Gasteiger partial charge < -0.3 is 9.80 Å². The lowest BCUT2D eigenvalue weighted by molar-refractivity contribution is -0.127. The molecule has 1 fully saturated rings. The molecule has 1 atom stereocenters. The number of carbonyl (C=O) groups is 2. The number of hydrogen-bond acceptors (Lipinski definition) is 4. The van der Waals surface area contributed by atoms with Crippen LogP contribution in [0.4, 0.5) is 0 Å². The normalized spacial score (nSPS) is 18.8. The second kappa shape index (κ2) is 10.2. The Kier molecular flexibility index (Phi) is 9.00. The van der Waals surface area contributed by atoms with Gasteiger partial charge in [0.05, 0.1) is 0 Å². The first-order valence-electron chi connectivity index (χ1n) is 8.20. The van der Waals surface area contributed by atoms with E-state index >= 15 is 0 Å². The molecule has 122 valence electrons. The molecule has 0 N–H and O–H groups in total. The first kappa shape index (κ1) is 18.5. The number of hydrogen-bond donors (Lipinski definition) is 0. The van der Waals surface area contributed by atoms with Gasteiger partial charge in [-0.05, 0) is 44.8 Å². The zero-order valence-corrected chi connectivity index (χ0v) is 14.6. The highest BCUT2D eigenvalue weighted by atomic mass is 32.2. The summed E-state index contributed by atoms with van der Waals surface area (Å²) in [5.41, 5.74) is 0. The first-order valence-corrected chi connectivity index (χ1v) is 9.18. The molecule has 0 saturated carbocycles. The van der Waals surface area contributed by atoms with Crippen LogP contribution in [0.25, 0.3) is 0 Å². The molecule has 0 aliphatic carbocycles. The van der Waals surface area contributed by atoms with Crippen LogP contribution in [0.1, 0.15) is 46.5 Å². The van der Waals surface area contributed by atoms with E-state index in [0.717, 1.165) is 44.9 Å². The van der Waals surface area contributed by atoms with E-state index in [1.807, 2.05) is 4.90 Å². The summed E-state index contributed by atoms with van der Waals surface area (Å²) >= 11 is 1.35. The third-order valence-corrected chi connectivity index (χ3v) is 4.84. The largest absolute Gasteiger partial charge is 0.342 e. The van der Waals surface area contributed by atoms with Gasteiger partial charge in [0.15, 0.2) is 5.12 Å². The number of likely N-dealkylation sites (tertiary alicyclic amines) is 1. The minimum Gasteiger partial charge on any atom is -0.342 e. The van der Waals surface area contributed by atoms with Gasteiger partial charge in [0.2, 0.25) is 5.91 Å². The highest BCUT2D eigenvalue weighted by molar-refractivity contribution is 8.13. The smallest absolute Gasteiger partial charge is 0.222 e. The quantitative estimate of drug-likeness (QED) is 0.621. The molecule has 1 aliphatic rings. The van der Waals surface area contributed by atoms with Gasteiger partial charge >= 0.3 is 0 Å². The Morgan fingerprint density at radius 1 is 1.29 bits per heavy atom. The maximum absolute atomic E-state index is 12.0. The van der Waals surface area contributed by atoms with Gasteiger partial charge in [0, 0.05) is 32.2 Å². The SMILES string of the molecule is CCCN(CCC)CCCN1CC(CSC(C)=O)CC1=O. The van der Waals surface area contributed by atoms with Gasteiger partial charge in [0.25, 0.3) is 0 Å². The molecule has 1 saturated heterocycles. The zero-order valence-electron chi connectivity index (χ0n) is 13.8. The Bertz CT molecular complexity index is 330. The molecule has 1 amide bonds. The number of thioether (sulfide) groups is 1. The van der Waals surface area contributed by atoms with E-state index in [-0.39, 0.29) is 11.0 Å². The monoisotopic (exact) mass is 314 g/mol. The Hall–Kier alpha value is -0.550. The summed E-state index contributed by atoms with van der Waals surface area (Å²) in [6.45, 7) is 11.1. The summed E-state index contributed by atoms with van der Waals surface area (Å²) in [4.78, 5) is 27.4. The van der Waals surface area contributed by atoms with Gasteiger partial charge in [-0.2, -0.15) is 0 Å². The fourth-order valence-electron chi connectivity index (χ4n) is 2.87. The number of carbonyl (C=O) groups excluding carboxylic acids is 2. The summed E-state index contributed by atoms with van der Waals surface area (Å²) in [7, 11) is 0. The van der Waals surface area contributed by atoms with Crippen molar-refractivity contribution in [3.63, 3.8) is 0 Å². The van der Waals surface area contributed by atoms with Gasteiger partial charge in [-0.15, -0.1) is 0 Å². The topological polar surface area (TPSA) is 40.6 Å². The van der Waals surface area contributed by atoms with Crippen LogP contribution in [0.2, 0.25) is 0 Å². The highest BCUT2D eigenvalue weighted by Gasteiger charge is 2.29. The minimum absolute atomic E-state index is 0.149. The van der Waals surface area contributed by atoms with Crippen molar-refractivity contribution in [2.24, 2.45) is 5.92 Å². The summed E-state index contributed by atoms with van der Waals surface area (Å²) in [6.07, 6.45) is 4.05. The molecule has 0 spiro atoms. The van der Waals surface area contributed by atoms with E-state index in [1.165, 1.54) is 24.6 Å². The Morgan fingerprint density at radius 3 is 2.52 bits per heavy atom. The molecule has 0 bridgehead atoms. The van der Waals surface area contributed by atoms with E-state index < -0.39 is 0 Å². The van der Waals surface area contributed by atoms with Crippen molar-refractivity contribution in [2.45, 2.75) is 46.5 Å². The van der Waals surface area contributed by atoms with E-state index in [0.29, 0.717) is 12.3 Å². The van der Waals surface area contributed by atoms with Crippen LogP contribution in [-0.4, -0.2) is 59.3 Å². The van der Waals surface area contributed by atoms with Crippen molar-refractivity contribution >= 4 is 22.8 Å². The molecule has 0 aromatic heterocycles. The summed E-state index contributed by atoms with van der Waals surface area (Å²) in [5.74, 6) is 1.41. The first-order chi connectivity index (χ1) is 10.1. The average molecular weight is 314 g/mol. The van der Waals surface area contributed by atoms with Crippen molar-refractivity contribution in [2.75, 3.05) is 38.5 Å². The lowest BCUT2D eigenvalue weighted by atomic mass is 10.1. The third kappa shape index (κ3) is 7.32. The fraction of sp³-hybridized carbons (Fsp3) is 0.875. The second-order valence-electron chi connectivity index (χ2n) is 5.91. The fourth-order valence-corrected chi connectivity index (χ4v) is 3.56. The maximum Gasteiger partial charge on any atom is 0.222 e. The Balaban J connectivity index is 2.25. The van der Waals surface area contributed by atoms with E-state index in [9.17, 15) is 9.59 Å². The molecular formula is C16H30N2O2S. The number of nitrogens with zero attached hydrogens (tertiary/aromatic N) is 2. The van der Waals surface area contributed by atoms with Gasteiger partial charge in [-0.3, -0.25) is 9.59 Å². The number of amides is 1. The predicted octanol–water partition coefficient (Wildman–Crippen LogP) is 2.63. The Morgan fingerprint density at radius 2 is 1.95 bits per heavy atom. The van der Waals surface area contributed by atoms with Gasteiger partial charge in [-0.1, -0.05) is 25.6 Å². The van der Waals surface area contributed by atoms with Crippen molar-refractivity contribution in [1.29, 1.82) is 0 Å². The lowest BCUT2D eigenvalue weighted by Crippen LogP contribution is -2.32. The molecule has 5 heteroatoms. The molecule has 1 aliphatic heterocycles. The molecule has 0 aromatic carbocycles. The number of rotatable bonds is 10. The van der Waals surface area contributed by atoms with Crippen LogP contribution in [0.5, 0.6) is 0 Å². The van der Waals surface area contributed by atoms with Crippen molar-refractivity contribution in [1.82, 2.24) is 9.80 Å². The third-order valence-electron chi connectivity index (χ3n) is 3.80. The minimum atomic E-state index is 0.149. The van der Waals surface area contributed by atoms with E-state index in [2.05, 4.69) is 18.7 Å². The molecule has 1 heterocycles.